The van der Waals surface area contributed by atoms with Gasteiger partial charge in [-0.3, -0.25) is 10.1 Å². The fourth-order valence-electron chi connectivity index (χ4n) is 2.25. The van der Waals surface area contributed by atoms with E-state index in [9.17, 15) is 15.2 Å². The summed E-state index contributed by atoms with van der Waals surface area (Å²) in [4.78, 5) is 10.1. The average molecular weight is 266 g/mol. The van der Waals surface area contributed by atoms with Crippen LogP contribution in [0.15, 0.2) is 24.3 Å². The summed E-state index contributed by atoms with van der Waals surface area (Å²) in [6.45, 7) is 3.29. The van der Waals surface area contributed by atoms with E-state index in [-0.39, 0.29) is 17.8 Å². The number of nitro groups is 1. The Hall–Kier alpha value is -1.50. The van der Waals surface area contributed by atoms with Crippen molar-refractivity contribution >= 4 is 5.69 Å². The number of nitro benzene ring substituents is 1. The number of nitrogens with zero attached hydrogens (tertiary/aromatic N) is 1. The zero-order valence-electron chi connectivity index (χ0n) is 10.8. The zero-order valence-corrected chi connectivity index (χ0v) is 10.8. The van der Waals surface area contributed by atoms with Crippen molar-refractivity contribution in [3.63, 3.8) is 0 Å². The number of benzene rings is 1. The van der Waals surface area contributed by atoms with Crippen LogP contribution < -0.4 is 5.32 Å². The quantitative estimate of drug-likeness (QED) is 0.635. The average Bonchev–Trinajstić information content (AvgIpc) is 2.39. The van der Waals surface area contributed by atoms with Crippen molar-refractivity contribution in [3.05, 3.63) is 39.9 Å². The predicted molar refractivity (Wildman–Crippen MR) is 69.9 cm³/mol. The lowest BCUT2D eigenvalue weighted by atomic mass is 10.0. The molecule has 1 aliphatic heterocycles. The highest BCUT2D eigenvalue weighted by Gasteiger charge is 2.22. The third-order valence-electron chi connectivity index (χ3n) is 3.20. The van der Waals surface area contributed by atoms with E-state index >= 15 is 0 Å². The fourth-order valence-corrected chi connectivity index (χ4v) is 2.25. The maximum Gasteiger partial charge on any atom is 0.269 e. The summed E-state index contributed by atoms with van der Waals surface area (Å²) in [6, 6.07) is 6.39. The Bertz CT molecular complexity index is 435. The van der Waals surface area contributed by atoms with E-state index in [0.717, 1.165) is 0 Å². The van der Waals surface area contributed by atoms with E-state index in [4.69, 9.17) is 4.74 Å². The van der Waals surface area contributed by atoms with Crippen LogP contribution in [0.1, 0.15) is 25.0 Å². The summed E-state index contributed by atoms with van der Waals surface area (Å²) in [7, 11) is 0. The van der Waals surface area contributed by atoms with E-state index < -0.39 is 11.0 Å². The largest absolute Gasteiger partial charge is 0.388 e. The van der Waals surface area contributed by atoms with Crippen molar-refractivity contribution in [1.82, 2.24) is 5.32 Å². The maximum atomic E-state index is 10.6. The smallest absolute Gasteiger partial charge is 0.269 e. The van der Waals surface area contributed by atoms with E-state index in [0.29, 0.717) is 25.2 Å². The molecule has 2 rings (SSSR count). The topological polar surface area (TPSA) is 84.6 Å². The number of non-ortho nitro benzene ring substituents is 1. The summed E-state index contributed by atoms with van der Waals surface area (Å²) >= 11 is 0. The number of morpholine rings is 1. The molecular weight excluding hydrogens is 248 g/mol. The third-order valence-corrected chi connectivity index (χ3v) is 3.20. The molecule has 3 atom stereocenters. The molecule has 3 unspecified atom stereocenters. The van der Waals surface area contributed by atoms with Gasteiger partial charge in [-0.25, -0.2) is 0 Å². The number of ether oxygens (including phenoxy) is 1. The van der Waals surface area contributed by atoms with Gasteiger partial charge in [-0.15, -0.1) is 0 Å². The van der Waals surface area contributed by atoms with Crippen LogP contribution in [-0.2, 0) is 4.74 Å². The number of nitrogens with one attached hydrogen (secondary N) is 1. The normalized spacial score (nSPS) is 24.9. The Morgan fingerprint density at radius 2 is 2.16 bits per heavy atom. The van der Waals surface area contributed by atoms with Crippen LogP contribution in [0.5, 0.6) is 0 Å². The number of aliphatic hydroxyl groups excluding tert-OH is 1. The van der Waals surface area contributed by atoms with Crippen LogP contribution in [0.4, 0.5) is 5.69 Å². The molecule has 1 aromatic rings. The number of aliphatic hydroxyl groups is 1. The molecule has 104 valence electrons. The van der Waals surface area contributed by atoms with E-state index in [1.54, 1.807) is 12.1 Å². The molecule has 0 radical (unpaired) electrons. The minimum Gasteiger partial charge on any atom is -0.388 e. The SMILES string of the molecule is CC1COCC(CC(O)c2ccc([N+](=O)[O-])cc2)N1. The Labute approximate surface area is 111 Å². The highest BCUT2D eigenvalue weighted by atomic mass is 16.6. The third kappa shape index (κ3) is 3.73. The Morgan fingerprint density at radius 1 is 1.47 bits per heavy atom. The van der Waals surface area contributed by atoms with Crippen molar-refractivity contribution in [1.29, 1.82) is 0 Å². The van der Waals surface area contributed by atoms with E-state index in [1.165, 1.54) is 12.1 Å². The molecule has 1 fully saturated rings. The first-order chi connectivity index (χ1) is 9.06. The molecule has 1 heterocycles. The van der Waals surface area contributed by atoms with Gasteiger partial charge in [0.15, 0.2) is 0 Å². The highest BCUT2D eigenvalue weighted by molar-refractivity contribution is 5.33. The zero-order chi connectivity index (χ0) is 13.8. The lowest BCUT2D eigenvalue weighted by Crippen LogP contribution is -2.47. The minimum absolute atomic E-state index is 0.0312. The lowest BCUT2D eigenvalue weighted by molar-refractivity contribution is -0.384. The monoisotopic (exact) mass is 266 g/mol. The summed E-state index contributed by atoms with van der Waals surface area (Å²) in [5, 5.41) is 24.0. The van der Waals surface area contributed by atoms with Crippen molar-refractivity contribution in [3.8, 4) is 0 Å². The van der Waals surface area contributed by atoms with Gasteiger partial charge >= 0.3 is 0 Å². The number of rotatable bonds is 4. The van der Waals surface area contributed by atoms with Crippen molar-refractivity contribution in [2.45, 2.75) is 31.5 Å². The van der Waals surface area contributed by atoms with Crippen LogP contribution in [0.25, 0.3) is 0 Å². The molecule has 2 N–H and O–H groups in total. The first-order valence-corrected chi connectivity index (χ1v) is 6.32. The summed E-state index contributed by atoms with van der Waals surface area (Å²) in [6.07, 6.45) is -0.116. The van der Waals surface area contributed by atoms with Gasteiger partial charge in [0.05, 0.1) is 24.2 Å². The second-order valence-electron chi connectivity index (χ2n) is 4.90. The fraction of sp³-hybridized carbons (Fsp3) is 0.538. The van der Waals surface area contributed by atoms with Crippen LogP contribution in [0.3, 0.4) is 0 Å². The summed E-state index contributed by atoms with van der Waals surface area (Å²) in [5.74, 6) is 0. The molecule has 0 aliphatic carbocycles. The van der Waals surface area contributed by atoms with Gasteiger partial charge in [0.25, 0.3) is 5.69 Å². The first kappa shape index (κ1) is 13.9. The second kappa shape index (κ2) is 6.10. The molecule has 1 aliphatic rings. The van der Waals surface area contributed by atoms with Crippen LogP contribution in [-0.4, -0.2) is 35.3 Å². The van der Waals surface area contributed by atoms with Crippen molar-refractivity contribution in [2.24, 2.45) is 0 Å². The molecule has 0 aromatic heterocycles. The van der Waals surface area contributed by atoms with Crippen LogP contribution >= 0.6 is 0 Å². The molecule has 0 spiro atoms. The molecule has 1 aromatic carbocycles. The molecule has 0 saturated carbocycles. The van der Waals surface area contributed by atoms with Crippen molar-refractivity contribution < 1.29 is 14.8 Å². The number of hydrogen-bond donors (Lipinski definition) is 2. The molecule has 1 saturated heterocycles. The second-order valence-corrected chi connectivity index (χ2v) is 4.90. The first-order valence-electron chi connectivity index (χ1n) is 6.32. The van der Waals surface area contributed by atoms with Gasteiger partial charge in [-0.05, 0) is 31.0 Å². The minimum atomic E-state index is -0.646. The molecule has 0 bridgehead atoms. The van der Waals surface area contributed by atoms with Gasteiger partial charge in [0.1, 0.15) is 0 Å². The van der Waals surface area contributed by atoms with Gasteiger partial charge in [0, 0.05) is 24.2 Å². The standard InChI is InChI=1S/C13H18N2O4/c1-9-7-19-8-11(14-9)6-13(16)10-2-4-12(5-3-10)15(17)18/h2-5,9,11,13-14,16H,6-8H2,1H3. The Morgan fingerprint density at radius 3 is 2.74 bits per heavy atom. The van der Waals surface area contributed by atoms with E-state index in [1.807, 2.05) is 6.92 Å². The maximum absolute atomic E-state index is 10.6. The lowest BCUT2D eigenvalue weighted by Gasteiger charge is -2.30. The number of hydrogen-bond acceptors (Lipinski definition) is 5. The predicted octanol–water partition coefficient (Wildman–Crippen LogP) is 1.40. The van der Waals surface area contributed by atoms with Gasteiger partial charge in [0.2, 0.25) is 0 Å². The summed E-state index contributed by atoms with van der Waals surface area (Å²) in [5.41, 5.74) is 0.717. The summed E-state index contributed by atoms with van der Waals surface area (Å²) < 4.78 is 5.42. The van der Waals surface area contributed by atoms with Crippen LogP contribution in [0, 0.1) is 10.1 Å². The van der Waals surface area contributed by atoms with Gasteiger partial charge in [-0.2, -0.15) is 0 Å². The van der Waals surface area contributed by atoms with Gasteiger partial charge in [-0.1, -0.05) is 0 Å². The molecule has 0 amide bonds. The molecular formula is C13H18N2O4. The molecule has 6 heteroatoms. The highest BCUT2D eigenvalue weighted by Crippen LogP contribution is 2.22. The molecule has 19 heavy (non-hydrogen) atoms. The Balaban J connectivity index is 1.95. The Kier molecular flexibility index (Phi) is 4.47. The van der Waals surface area contributed by atoms with Crippen molar-refractivity contribution in [2.75, 3.05) is 13.2 Å². The molecule has 6 nitrogen and oxygen atoms in total. The van der Waals surface area contributed by atoms with Gasteiger partial charge < -0.3 is 15.2 Å². The van der Waals surface area contributed by atoms with E-state index in [2.05, 4.69) is 5.32 Å². The van der Waals surface area contributed by atoms with Crippen LogP contribution in [0.2, 0.25) is 0 Å².